The zero-order valence-electron chi connectivity index (χ0n) is 17.9. The highest BCUT2D eigenvalue weighted by Crippen LogP contribution is 2.31. The molecule has 0 aliphatic carbocycles. The van der Waals surface area contributed by atoms with Crippen molar-refractivity contribution in [2.75, 3.05) is 5.32 Å². The topological polar surface area (TPSA) is 74.2 Å². The number of halogens is 2. The zero-order chi connectivity index (χ0) is 23.7. The number of fused-ring (bicyclic) bond motifs is 1. The number of allylic oxidation sites excluding steroid dienone is 4. The molecule has 0 radical (unpaired) electrons. The standard InChI is InChI=1S/C25H21F2N3O2S/c1-4-15(22-14(3)23(30-22)24(31)32)6-5-13(2)16-7-9-19(18(27)11-16)28-25-29-20-10-8-17(26)12-21(20)33-25/h4-12,23,30H,1H2,2-3H3,(H,28,29)(H,31,32)/b13-5+,15-6+. The van der Waals surface area contributed by atoms with E-state index in [0.717, 1.165) is 22.4 Å². The maximum Gasteiger partial charge on any atom is 0.330 e. The Hall–Kier alpha value is -3.78. The highest BCUT2D eigenvalue weighted by Gasteiger charge is 2.32. The quantitative estimate of drug-likeness (QED) is 0.364. The molecule has 4 rings (SSSR count). The smallest absolute Gasteiger partial charge is 0.330 e. The van der Waals surface area contributed by atoms with E-state index in [9.17, 15) is 13.6 Å². The van der Waals surface area contributed by atoms with Gasteiger partial charge in [0, 0.05) is 5.70 Å². The van der Waals surface area contributed by atoms with Crippen LogP contribution in [0.25, 0.3) is 15.8 Å². The summed E-state index contributed by atoms with van der Waals surface area (Å²) in [5.41, 5.74) is 4.66. The van der Waals surface area contributed by atoms with Crippen LogP contribution in [0.5, 0.6) is 0 Å². The molecule has 1 aliphatic heterocycles. The summed E-state index contributed by atoms with van der Waals surface area (Å²) in [6, 6.07) is 8.49. The third kappa shape index (κ3) is 4.56. The second kappa shape index (κ2) is 8.99. The van der Waals surface area contributed by atoms with Crippen molar-refractivity contribution in [3.8, 4) is 0 Å². The number of carboxylic acid groups (broad SMARTS) is 1. The van der Waals surface area contributed by atoms with Crippen molar-refractivity contribution in [3.05, 3.63) is 95.2 Å². The number of anilines is 2. The molecule has 3 aromatic rings. The van der Waals surface area contributed by atoms with Gasteiger partial charge in [-0.3, -0.25) is 0 Å². The van der Waals surface area contributed by atoms with E-state index in [1.165, 1.54) is 29.5 Å². The van der Waals surface area contributed by atoms with E-state index in [2.05, 4.69) is 22.2 Å². The number of nitrogens with zero attached hydrogens (tertiary/aromatic N) is 1. The van der Waals surface area contributed by atoms with E-state index in [1.54, 1.807) is 31.2 Å². The van der Waals surface area contributed by atoms with Crippen LogP contribution in [0.1, 0.15) is 19.4 Å². The van der Waals surface area contributed by atoms with Crippen LogP contribution in [0, 0.1) is 11.6 Å². The molecule has 1 atom stereocenters. The maximum absolute atomic E-state index is 14.8. The number of thiazole rings is 1. The van der Waals surface area contributed by atoms with Crippen molar-refractivity contribution in [2.45, 2.75) is 19.9 Å². The first-order chi connectivity index (χ1) is 15.8. The fourth-order valence-electron chi connectivity index (χ4n) is 3.48. The molecule has 2 aromatic carbocycles. The molecule has 0 bridgehead atoms. The first-order valence-electron chi connectivity index (χ1n) is 10.1. The molecule has 1 unspecified atom stereocenters. The van der Waals surface area contributed by atoms with Crippen LogP contribution in [0.4, 0.5) is 19.6 Å². The number of nitrogens with one attached hydrogen (secondary N) is 2. The van der Waals surface area contributed by atoms with Gasteiger partial charge in [-0.1, -0.05) is 42.2 Å². The van der Waals surface area contributed by atoms with Gasteiger partial charge in [0.2, 0.25) is 0 Å². The molecular formula is C25H21F2N3O2S. The molecule has 1 aromatic heterocycles. The lowest BCUT2D eigenvalue weighted by atomic mass is 9.92. The predicted molar refractivity (Wildman–Crippen MR) is 128 cm³/mol. The molecule has 5 nitrogen and oxygen atoms in total. The third-order valence-corrected chi connectivity index (χ3v) is 6.33. The normalized spacial score (nSPS) is 16.4. The highest BCUT2D eigenvalue weighted by molar-refractivity contribution is 7.22. The van der Waals surface area contributed by atoms with Crippen LogP contribution in [-0.4, -0.2) is 22.1 Å². The second-order valence-electron chi connectivity index (χ2n) is 7.60. The fourth-order valence-corrected chi connectivity index (χ4v) is 4.39. The van der Waals surface area contributed by atoms with Crippen LogP contribution in [-0.2, 0) is 4.79 Å². The summed E-state index contributed by atoms with van der Waals surface area (Å²) in [6.45, 7) is 7.42. The largest absolute Gasteiger partial charge is 0.479 e. The minimum absolute atomic E-state index is 0.271. The van der Waals surface area contributed by atoms with Crippen LogP contribution in [0.15, 0.2) is 78.0 Å². The van der Waals surface area contributed by atoms with Gasteiger partial charge in [-0.05, 0) is 66.5 Å². The fraction of sp³-hybridized carbons (Fsp3) is 0.120. The first kappa shape index (κ1) is 22.4. The number of hydrogen-bond donors (Lipinski definition) is 3. The molecule has 0 amide bonds. The first-order valence-corrected chi connectivity index (χ1v) is 10.9. The molecule has 0 saturated carbocycles. The van der Waals surface area contributed by atoms with Gasteiger partial charge in [0.25, 0.3) is 0 Å². The number of aromatic nitrogens is 1. The Balaban J connectivity index is 1.53. The molecule has 0 spiro atoms. The number of rotatable bonds is 7. The summed E-state index contributed by atoms with van der Waals surface area (Å²) < 4.78 is 28.8. The summed E-state index contributed by atoms with van der Waals surface area (Å²) in [5.74, 6) is -1.71. The van der Waals surface area contributed by atoms with Gasteiger partial charge in [0.05, 0.1) is 15.9 Å². The lowest BCUT2D eigenvalue weighted by Crippen LogP contribution is -2.47. The van der Waals surface area contributed by atoms with Gasteiger partial charge < -0.3 is 15.7 Å². The van der Waals surface area contributed by atoms with E-state index >= 15 is 0 Å². The molecule has 3 N–H and O–H groups in total. The summed E-state index contributed by atoms with van der Waals surface area (Å²) >= 11 is 1.25. The Morgan fingerprint density at radius 1 is 1.24 bits per heavy atom. The third-order valence-electron chi connectivity index (χ3n) is 5.40. The number of carboxylic acids is 1. The molecule has 0 fully saturated rings. The lowest BCUT2D eigenvalue weighted by Gasteiger charge is -2.31. The van der Waals surface area contributed by atoms with E-state index in [-0.39, 0.29) is 11.5 Å². The lowest BCUT2D eigenvalue weighted by molar-refractivity contribution is -0.138. The van der Waals surface area contributed by atoms with E-state index < -0.39 is 17.8 Å². The second-order valence-corrected chi connectivity index (χ2v) is 8.63. The Morgan fingerprint density at radius 2 is 2.03 bits per heavy atom. The molecule has 0 saturated heterocycles. The van der Waals surface area contributed by atoms with Crippen molar-refractivity contribution in [2.24, 2.45) is 0 Å². The molecule has 1 aliphatic rings. The van der Waals surface area contributed by atoms with Crippen LogP contribution in [0.3, 0.4) is 0 Å². The molecule has 2 heterocycles. The van der Waals surface area contributed by atoms with Crippen molar-refractivity contribution in [1.29, 1.82) is 0 Å². The number of carbonyl (C=O) groups is 1. The Bertz CT molecular complexity index is 1370. The number of hydrogen-bond acceptors (Lipinski definition) is 5. The van der Waals surface area contributed by atoms with Gasteiger partial charge in [0.15, 0.2) is 5.13 Å². The predicted octanol–water partition coefficient (Wildman–Crippen LogP) is 6.16. The highest BCUT2D eigenvalue weighted by atomic mass is 32.1. The van der Waals surface area contributed by atoms with E-state index in [4.69, 9.17) is 5.11 Å². The Kier molecular flexibility index (Phi) is 6.11. The van der Waals surface area contributed by atoms with Gasteiger partial charge in [-0.25, -0.2) is 18.6 Å². The summed E-state index contributed by atoms with van der Waals surface area (Å²) in [4.78, 5) is 15.5. The maximum atomic E-state index is 14.8. The van der Waals surface area contributed by atoms with Crippen molar-refractivity contribution < 1.29 is 18.7 Å². The molecule has 33 heavy (non-hydrogen) atoms. The monoisotopic (exact) mass is 465 g/mol. The summed E-state index contributed by atoms with van der Waals surface area (Å²) in [5, 5.41) is 15.5. The zero-order valence-corrected chi connectivity index (χ0v) is 18.8. The van der Waals surface area contributed by atoms with Gasteiger partial charge >= 0.3 is 5.97 Å². The summed E-state index contributed by atoms with van der Waals surface area (Å²) in [7, 11) is 0. The van der Waals surface area contributed by atoms with Crippen LogP contribution >= 0.6 is 11.3 Å². The SMILES string of the molecule is C=C/C(=C\C=C(/C)c1ccc(Nc2nc3ccc(F)cc3s2)c(F)c1)C1=C(C)C(C(=O)O)N1. The van der Waals surface area contributed by atoms with E-state index in [0.29, 0.717) is 20.9 Å². The van der Waals surface area contributed by atoms with Gasteiger partial charge in [0.1, 0.15) is 17.7 Å². The Labute approximate surface area is 193 Å². The minimum Gasteiger partial charge on any atom is -0.479 e. The summed E-state index contributed by atoms with van der Waals surface area (Å²) in [6.07, 6.45) is 5.29. The van der Waals surface area contributed by atoms with Crippen molar-refractivity contribution in [1.82, 2.24) is 10.3 Å². The van der Waals surface area contributed by atoms with Crippen LogP contribution in [0.2, 0.25) is 0 Å². The minimum atomic E-state index is -0.923. The average Bonchev–Trinajstić information content (AvgIpc) is 3.17. The molecule has 168 valence electrons. The number of benzene rings is 2. The van der Waals surface area contributed by atoms with Gasteiger partial charge in [-0.2, -0.15) is 0 Å². The van der Waals surface area contributed by atoms with Crippen molar-refractivity contribution in [3.63, 3.8) is 0 Å². The van der Waals surface area contributed by atoms with Crippen LogP contribution < -0.4 is 10.6 Å². The average molecular weight is 466 g/mol. The Morgan fingerprint density at radius 3 is 2.70 bits per heavy atom. The number of aliphatic carboxylic acids is 1. The molecular weight excluding hydrogens is 444 g/mol. The van der Waals surface area contributed by atoms with Crippen molar-refractivity contribution >= 4 is 43.9 Å². The van der Waals surface area contributed by atoms with Gasteiger partial charge in [-0.15, -0.1) is 0 Å². The molecule has 8 heteroatoms. The van der Waals surface area contributed by atoms with E-state index in [1.807, 2.05) is 19.1 Å².